The first-order chi connectivity index (χ1) is 11.5. The Morgan fingerprint density at radius 3 is 2.54 bits per heavy atom. The topological polar surface area (TPSA) is 96.3 Å². The molecule has 0 saturated heterocycles. The van der Waals surface area contributed by atoms with Crippen molar-refractivity contribution in [2.24, 2.45) is 0 Å². The lowest BCUT2D eigenvalue weighted by Gasteiger charge is -2.17. The minimum atomic E-state index is -3.97. The van der Waals surface area contributed by atoms with Crippen molar-refractivity contribution in [2.45, 2.75) is 17.4 Å². The highest BCUT2D eigenvalue weighted by atomic mass is 32.2. The normalized spacial score (nSPS) is 12.2. The van der Waals surface area contributed by atoms with Crippen LogP contribution < -0.4 is 4.72 Å². The fourth-order valence-electron chi connectivity index (χ4n) is 2.15. The summed E-state index contributed by atoms with van der Waals surface area (Å²) in [5, 5.41) is 8.89. The standard InChI is InChI=1S/C17H16N2O4S/c1-23-17(20)16(11-13-6-3-2-4-7-13)19-24(21,22)15-9-5-8-14(10-15)12-18/h2-10,16,19H,11H2,1H3. The second kappa shape index (κ2) is 7.73. The van der Waals surface area contributed by atoms with Crippen LogP contribution in [0.4, 0.5) is 0 Å². The van der Waals surface area contributed by atoms with E-state index >= 15 is 0 Å². The van der Waals surface area contributed by atoms with E-state index in [1.165, 1.54) is 31.4 Å². The molecule has 7 heteroatoms. The van der Waals surface area contributed by atoms with Crippen molar-refractivity contribution in [1.29, 1.82) is 5.26 Å². The van der Waals surface area contributed by atoms with E-state index in [9.17, 15) is 13.2 Å². The molecule has 0 aliphatic heterocycles. The Morgan fingerprint density at radius 1 is 1.21 bits per heavy atom. The van der Waals surface area contributed by atoms with Crippen LogP contribution in [0, 0.1) is 11.3 Å². The zero-order chi connectivity index (χ0) is 17.6. The van der Waals surface area contributed by atoms with Crippen LogP contribution in [-0.2, 0) is 26.0 Å². The summed E-state index contributed by atoms with van der Waals surface area (Å²) in [6, 6.07) is 15.4. The summed E-state index contributed by atoms with van der Waals surface area (Å²) in [5.74, 6) is -0.682. The largest absolute Gasteiger partial charge is 0.468 e. The lowest BCUT2D eigenvalue weighted by atomic mass is 10.1. The third-order valence-electron chi connectivity index (χ3n) is 3.34. The number of benzene rings is 2. The van der Waals surface area contributed by atoms with Gasteiger partial charge in [0.05, 0.1) is 23.6 Å². The number of hydrogen-bond acceptors (Lipinski definition) is 5. The molecule has 1 N–H and O–H groups in total. The molecule has 0 radical (unpaired) electrons. The fraction of sp³-hybridized carbons (Fsp3) is 0.176. The van der Waals surface area contributed by atoms with Crippen LogP contribution >= 0.6 is 0 Å². The van der Waals surface area contributed by atoms with Crippen molar-refractivity contribution < 1.29 is 17.9 Å². The SMILES string of the molecule is COC(=O)C(Cc1ccccc1)NS(=O)(=O)c1cccc(C#N)c1. The third kappa shape index (κ3) is 4.41. The average Bonchev–Trinajstić information content (AvgIpc) is 2.61. The van der Waals surface area contributed by atoms with Crippen LogP contribution in [0.15, 0.2) is 59.5 Å². The summed E-state index contributed by atoms with van der Waals surface area (Å²) < 4.78 is 32.0. The highest BCUT2D eigenvalue weighted by Gasteiger charge is 2.26. The van der Waals surface area contributed by atoms with Gasteiger partial charge in [0.15, 0.2) is 0 Å². The molecule has 0 bridgehead atoms. The number of nitrogens with one attached hydrogen (secondary N) is 1. The molecule has 0 spiro atoms. The molecule has 0 amide bonds. The number of esters is 1. The Hall–Kier alpha value is -2.69. The molecule has 0 aliphatic carbocycles. The molecule has 1 atom stereocenters. The number of nitrogens with zero attached hydrogens (tertiary/aromatic N) is 1. The smallest absolute Gasteiger partial charge is 0.324 e. The first kappa shape index (κ1) is 17.7. The van der Waals surface area contributed by atoms with E-state index in [-0.39, 0.29) is 16.9 Å². The summed E-state index contributed by atoms with van der Waals surface area (Å²) >= 11 is 0. The highest BCUT2D eigenvalue weighted by Crippen LogP contribution is 2.13. The van der Waals surface area contributed by atoms with Crippen LogP contribution in [0.25, 0.3) is 0 Å². The number of sulfonamides is 1. The first-order valence-corrected chi connectivity index (χ1v) is 8.59. The van der Waals surface area contributed by atoms with Gasteiger partial charge in [0, 0.05) is 0 Å². The maximum atomic E-state index is 12.5. The third-order valence-corrected chi connectivity index (χ3v) is 4.81. The zero-order valence-electron chi connectivity index (χ0n) is 13.0. The van der Waals surface area contributed by atoms with E-state index < -0.39 is 22.0 Å². The van der Waals surface area contributed by atoms with Crippen LogP contribution in [-0.4, -0.2) is 27.5 Å². The van der Waals surface area contributed by atoms with Gasteiger partial charge in [-0.25, -0.2) is 8.42 Å². The Balaban J connectivity index is 2.27. The number of carbonyl (C=O) groups excluding carboxylic acids is 1. The van der Waals surface area contributed by atoms with Gasteiger partial charge in [0.1, 0.15) is 6.04 Å². The van der Waals surface area contributed by atoms with E-state index in [2.05, 4.69) is 4.72 Å². The van der Waals surface area contributed by atoms with Gasteiger partial charge in [-0.15, -0.1) is 0 Å². The van der Waals surface area contributed by atoms with E-state index in [0.717, 1.165) is 5.56 Å². The Morgan fingerprint density at radius 2 is 1.92 bits per heavy atom. The minimum absolute atomic E-state index is 0.0801. The predicted octanol–water partition coefficient (Wildman–Crippen LogP) is 1.62. The van der Waals surface area contributed by atoms with E-state index in [0.29, 0.717) is 0 Å². The summed E-state index contributed by atoms with van der Waals surface area (Å²) in [6.07, 6.45) is 0.157. The number of hydrogen-bond donors (Lipinski definition) is 1. The molecule has 2 aromatic carbocycles. The van der Waals surface area contributed by atoms with Gasteiger partial charge in [0.2, 0.25) is 10.0 Å². The second-order valence-electron chi connectivity index (χ2n) is 5.03. The van der Waals surface area contributed by atoms with Crippen molar-refractivity contribution in [2.75, 3.05) is 7.11 Å². The molecule has 24 heavy (non-hydrogen) atoms. The second-order valence-corrected chi connectivity index (χ2v) is 6.74. The van der Waals surface area contributed by atoms with Gasteiger partial charge < -0.3 is 4.74 Å². The number of carbonyl (C=O) groups is 1. The van der Waals surface area contributed by atoms with Crippen molar-refractivity contribution in [1.82, 2.24) is 4.72 Å². The minimum Gasteiger partial charge on any atom is -0.468 e. The Kier molecular flexibility index (Phi) is 5.68. The van der Waals surface area contributed by atoms with Gasteiger partial charge in [-0.3, -0.25) is 4.79 Å². The van der Waals surface area contributed by atoms with Crippen LogP contribution in [0.2, 0.25) is 0 Å². The number of rotatable bonds is 6. The lowest BCUT2D eigenvalue weighted by molar-refractivity contribution is -0.142. The van der Waals surface area contributed by atoms with Gasteiger partial charge in [-0.05, 0) is 30.2 Å². The molecule has 0 heterocycles. The van der Waals surface area contributed by atoms with Crippen LogP contribution in [0.1, 0.15) is 11.1 Å². The molecule has 0 aromatic heterocycles. The molecule has 2 rings (SSSR count). The van der Waals surface area contributed by atoms with Crippen molar-refractivity contribution >= 4 is 16.0 Å². The van der Waals surface area contributed by atoms with E-state index in [1.54, 1.807) is 24.3 Å². The molecule has 0 aliphatic rings. The summed E-state index contributed by atoms with van der Waals surface area (Å²) in [6.45, 7) is 0. The summed E-state index contributed by atoms with van der Waals surface area (Å²) in [5.41, 5.74) is 1.01. The molecule has 2 aromatic rings. The van der Waals surface area contributed by atoms with Crippen molar-refractivity contribution in [3.8, 4) is 6.07 Å². The lowest BCUT2D eigenvalue weighted by Crippen LogP contribution is -2.43. The number of ether oxygens (including phenoxy) is 1. The molecular weight excluding hydrogens is 328 g/mol. The maximum absolute atomic E-state index is 12.5. The summed E-state index contributed by atoms with van der Waals surface area (Å²) in [7, 11) is -2.77. The van der Waals surface area contributed by atoms with Gasteiger partial charge in [-0.1, -0.05) is 36.4 Å². The van der Waals surface area contributed by atoms with Gasteiger partial charge >= 0.3 is 5.97 Å². The number of methoxy groups -OCH3 is 1. The Labute approximate surface area is 140 Å². The molecule has 0 saturated carbocycles. The van der Waals surface area contributed by atoms with Crippen molar-refractivity contribution in [3.05, 3.63) is 65.7 Å². The van der Waals surface area contributed by atoms with Gasteiger partial charge in [0.25, 0.3) is 0 Å². The Bertz CT molecular complexity index is 858. The molecular formula is C17H16N2O4S. The first-order valence-electron chi connectivity index (χ1n) is 7.10. The van der Waals surface area contributed by atoms with E-state index in [4.69, 9.17) is 10.00 Å². The maximum Gasteiger partial charge on any atom is 0.324 e. The highest BCUT2D eigenvalue weighted by molar-refractivity contribution is 7.89. The molecule has 0 fully saturated rings. The quantitative estimate of drug-likeness (QED) is 0.803. The van der Waals surface area contributed by atoms with E-state index in [1.807, 2.05) is 12.1 Å². The molecule has 1 unspecified atom stereocenters. The predicted molar refractivity (Wildman–Crippen MR) is 87.4 cm³/mol. The monoisotopic (exact) mass is 344 g/mol. The molecule has 6 nitrogen and oxygen atoms in total. The zero-order valence-corrected chi connectivity index (χ0v) is 13.8. The van der Waals surface area contributed by atoms with Crippen LogP contribution in [0.5, 0.6) is 0 Å². The molecule has 124 valence electrons. The van der Waals surface area contributed by atoms with Crippen LogP contribution in [0.3, 0.4) is 0 Å². The van der Waals surface area contributed by atoms with Crippen molar-refractivity contribution in [3.63, 3.8) is 0 Å². The average molecular weight is 344 g/mol. The van der Waals surface area contributed by atoms with Gasteiger partial charge in [-0.2, -0.15) is 9.98 Å². The number of nitriles is 1. The summed E-state index contributed by atoms with van der Waals surface area (Å²) in [4.78, 5) is 11.9. The fourth-order valence-corrected chi connectivity index (χ4v) is 3.38.